The fraction of sp³-hybridized carbons (Fsp3) is 0.261. The third-order valence-corrected chi connectivity index (χ3v) is 5.27. The lowest BCUT2D eigenvalue weighted by molar-refractivity contribution is -0.137. The van der Waals surface area contributed by atoms with Crippen molar-refractivity contribution in [3.63, 3.8) is 0 Å². The number of fused-ring (bicyclic) bond motifs is 1. The van der Waals surface area contributed by atoms with Gasteiger partial charge in [0.1, 0.15) is 5.69 Å². The maximum absolute atomic E-state index is 13.3. The second-order valence-electron chi connectivity index (χ2n) is 7.83. The zero-order valence-electron chi connectivity index (χ0n) is 18.1. The highest BCUT2D eigenvalue weighted by atomic mass is 35.5. The molecule has 0 saturated carbocycles. The Bertz CT molecular complexity index is 1270. The van der Waals surface area contributed by atoms with Crippen molar-refractivity contribution < 1.29 is 13.2 Å². The van der Waals surface area contributed by atoms with E-state index in [1.54, 1.807) is 30.5 Å². The fourth-order valence-corrected chi connectivity index (χ4v) is 3.68. The summed E-state index contributed by atoms with van der Waals surface area (Å²) in [7, 11) is 4.01. The molecule has 0 atom stereocenters. The van der Waals surface area contributed by atoms with Crippen LogP contribution in [-0.2, 0) is 6.18 Å². The smallest absolute Gasteiger partial charge is 0.354 e. The fourth-order valence-electron chi connectivity index (χ4n) is 3.49. The van der Waals surface area contributed by atoms with Crippen molar-refractivity contribution in [3.05, 3.63) is 65.4 Å². The number of anilines is 1. The van der Waals surface area contributed by atoms with Gasteiger partial charge in [0.2, 0.25) is 5.95 Å². The number of rotatable bonds is 7. The van der Waals surface area contributed by atoms with Gasteiger partial charge in [0.05, 0.1) is 22.3 Å². The van der Waals surface area contributed by atoms with Crippen LogP contribution in [0.25, 0.3) is 28.0 Å². The normalized spacial score (nSPS) is 12.0. The van der Waals surface area contributed by atoms with Crippen LogP contribution < -0.4 is 5.32 Å². The van der Waals surface area contributed by atoms with Crippen LogP contribution in [-0.4, -0.2) is 51.7 Å². The molecule has 3 heterocycles. The maximum Gasteiger partial charge on any atom is 0.417 e. The lowest BCUT2D eigenvalue weighted by Gasteiger charge is -2.10. The van der Waals surface area contributed by atoms with Crippen molar-refractivity contribution in [2.45, 2.75) is 12.6 Å². The first kappa shape index (κ1) is 23.0. The van der Waals surface area contributed by atoms with E-state index in [0.29, 0.717) is 45.5 Å². The Hall–Kier alpha value is -3.17. The van der Waals surface area contributed by atoms with Crippen LogP contribution in [0.3, 0.4) is 0 Å². The van der Waals surface area contributed by atoms with Gasteiger partial charge >= 0.3 is 6.18 Å². The summed E-state index contributed by atoms with van der Waals surface area (Å²) in [5, 5.41) is 8.17. The molecule has 33 heavy (non-hydrogen) atoms. The Balaban J connectivity index is 1.80. The summed E-state index contributed by atoms with van der Waals surface area (Å²) < 4.78 is 41.1. The number of benzene rings is 1. The lowest BCUT2D eigenvalue weighted by atomic mass is 10.0. The molecule has 0 amide bonds. The molecule has 0 unspecified atom stereocenters. The molecule has 0 radical (unpaired) electrons. The van der Waals surface area contributed by atoms with E-state index in [4.69, 9.17) is 11.6 Å². The van der Waals surface area contributed by atoms with Crippen molar-refractivity contribution in [3.8, 4) is 22.5 Å². The Morgan fingerprint density at radius 2 is 1.94 bits per heavy atom. The number of hydrogen-bond acceptors (Lipinski definition) is 5. The topological polar surface area (TPSA) is 58.3 Å². The molecular weight excluding hydrogens is 453 g/mol. The van der Waals surface area contributed by atoms with Gasteiger partial charge in [0, 0.05) is 29.5 Å². The van der Waals surface area contributed by atoms with Gasteiger partial charge in [-0.15, -0.1) is 0 Å². The van der Waals surface area contributed by atoms with Gasteiger partial charge in [-0.2, -0.15) is 18.3 Å². The minimum absolute atomic E-state index is 0.439. The number of nitrogens with one attached hydrogen (secondary N) is 1. The van der Waals surface area contributed by atoms with Crippen LogP contribution in [0.5, 0.6) is 0 Å². The quantitative estimate of drug-likeness (QED) is 0.359. The van der Waals surface area contributed by atoms with Gasteiger partial charge in [0.25, 0.3) is 0 Å². The molecule has 0 saturated heterocycles. The highest BCUT2D eigenvalue weighted by Gasteiger charge is 2.31. The summed E-state index contributed by atoms with van der Waals surface area (Å²) in [6, 6.07) is 11.2. The van der Waals surface area contributed by atoms with Gasteiger partial charge in [-0.1, -0.05) is 23.7 Å². The average Bonchev–Trinajstić information content (AvgIpc) is 3.15. The summed E-state index contributed by atoms with van der Waals surface area (Å²) in [6.45, 7) is 1.60. The molecule has 1 N–H and O–H groups in total. The number of hydrogen-bond donors (Lipinski definition) is 1. The van der Waals surface area contributed by atoms with E-state index in [1.807, 2.05) is 20.2 Å². The zero-order chi connectivity index (χ0) is 23.6. The van der Waals surface area contributed by atoms with E-state index in [0.717, 1.165) is 25.2 Å². The number of aromatic nitrogens is 4. The molecule has 1 aromatic carbocycles. The van der Waals surface area contributed by atoms with Gasteiger partial charge in [0.15, 0.2) is 0 Å². The van der Waals surface area contributed by atoms with Crippen LogP contribution in [0, 0.1) is 0 Å². The predicted octanol–water partition coefficient (Wildman–Crippen LogP) is 5.49. The molecule has 10 heteroatoms. The van der Waals surface area contributed by atoms with E-state index in [-0.39, 0.29) is 0 Å². The number of halogens is 4. The minimum Gasteiger partial charge on any atom is -0.354 e. The largest absolute Gasteiger partial charge is 0.417 e. The third kappa shape index (κ3) is 5.26. The molecule has 172 valence electrons. The van der Waals surface area contributed by atoms with E-state index < -0.39 is 11.7 Å². The molecule has 4 rings (SSSR count). The number of pyridine rings is 1. The molecule has 0 spiro atoms. The van der Waals surface area contributed by atoms with Gasteiger partial charge in [-0.3, -0.25) is 0 Å². The molecule has 0 bridgehead atoms. The van der Waals surface area contributed by atoms with Crippen molar-refractivity contribution in [2.75, 3.05) is 32.5 Å². The average molecular weight is 475 g/mol. The predicted molar refractivity (Wildman–Crippen MR) is 123 cm³/mol. The van der Waals surface area contributed by atoms with E-state index in [1.165, 1.54) is 10.6 Å². The third-order valence-electron chi connectivity index (χ3n) is 5.03. The summed E-state index contributed by atoms with van der Waals surface area (Å²) in [5.41, 5.74) is 2.01. The number of nitrogens with zero attached hydrogens (tertiary/aromatic N) is 5. The van der Waals surface area contributed by atoms with Crippen LogP contribution >= 0.6 is 11.6 Å². The van der Waals surface area contributed by atoms with Crippen LogP contribution in [0.4, 0.5) is 19.1 Å². The maximum atomic E-state index is 13.3. The van der Waals surface area contributed by atoms with E-state index >= 15 is 0 Å². The summed E-state index contributed by atoms with van der Waals surface area (Å²) in [5.74, 6) is 0.439. The van der Waals surface area contributed by atoms with Crippen molar-refractivity contribution in [1.82, 2.24) is 24.5 Å². The van der Waals surface area contributed by atoms with Gasteiger partial charge in [-0.25, -0.2) is 14.5 Å². The highest BCUT2D eigenvalue weighted by Crippen LogP contribution is 2.37. The monoisotopic (exact) mass is 474 g/mol. The highest BCUT2D eigenvalue weighted by molar-refractivity contribution is 6.30. The van der Waals surface area contributed by atoms with Crippen molar-refractivity contribution in [1.29, 1.82) is 0 Å². The molecule has 3 aromatic heterocycles. The number of alkyl halides is 3. The molecular formula is C23H22ClF3N6. The van der Waals surface area contributed by atoms with Crippen molar-refractivity contribution >= 4 is 23.1 Å². The second kappa shape index (κ2) is 9.36. The van der Waals surface area contributed by atoms with Crippen LogP contribution in [0.2, 0.25) is 5.02 Å². The molecule has 0 aliphatic heterocycles. The van der Waals surface area contributed by atoms with Gasteiger partial charge < -0.3 is 10.2 Å². The summed E-state index contributed by atoms with van der Waals surface area (Å²) in [4.78, 5) is 11.0. The molecule has 4 aromatic rings. The van der Waals surface area contributed by atoms with E-state index in [2.05, 4.69) is 25.3 Å². The van der Waals surface area contributed by atoms with Crippen molar-refractivity contribution in [2.24, 2.45) is 0 Å². The van der Waals surface area contributed by atoms with Gasteiger partial charge in [-0.05, 0) is 57.4 Å². The second-order valence-corrected chi connectivity index (χ2v) is 8.26. The Morgan fingerprint density at radius 3 is 2.67 bits per heavy atom. The summed E-state index contributed by atoms with van der Waals surface area (Å²) in [6.07, 6.45) is -0.971. The first-order valence-electron chi connectivity index (χ1n) is 10.3. The van der Waals surface area contributed by atoms with E-state index in [9.17, 15) is 13.2 Å². The first-order valence-corrected chi connectivity index (χ1v) is 10.7. The van der Waals surface area contributed by atoms with Crippen LogP contribution in [0.1, 0.15) is 12.0 Å². The molecule has 0 aliphatic rings. The van der Waals surface area contributed by atoms with Crippen LogP contribution in [0.15, 0.2) is 54.9 Å². The summed E-state index contributed by atoms with van der Waals surface area (Å²) >= 11 is 6.17. The lowest BCUT2D eigenvalue weighted by Crippen LogP contribution is -2.17. The SMILES string of the molecule is CN(C)CCCNc1nccc(-c2c(-c3cccc(Cl)c3)nn3cc(C(F)(F)F)ccc23)n1. The Labute approximate surface area is 194 Å². The Kier molecular flexibility index (Phi) is 6.53. The molecule has 0 aliphatic carbocycles. The minimum atomic E-state index is -4.48. The molecule has 0 fully saturated rings. The Morgan fingerprint density at radius 1 is 1.12 bits per heavy atom. The molecule has 6 nitrogen and oxygen atoms in total. The zero-order valence-corrected chi connectivity index (χ0v) is 18.8. The first-order chi connectivity index (χ1) is 15.7. The standard InChI is InChI=1S/C23H22ClF3N6/c1-32(2)12-4-10-28-22-29-11-9-18(30-22)20-19-8-7-16(23(25,26)27)14-33(19)31-21(20)15-5-3-6-17(24)13-15/h3,5-9,11,13-14H,4,10,12H2,1-2H3,(H,28,29,30).